The fraction of sp³-hybridized carbons (Fsp3) is 0.565. The van der Waals surface area contributed by atoms with Crippen LogP contribution in [0, 0.1) is 19.8 Å². The summed E-state index contributed by atoms with van der Waals surface area (Å²) in [5, 5.41) is 15.4. The number of rotatable bonds is 4. The van der Waals surface area contributed by atoms with E-state index in [0.29, 0.717) is 5.92 Å². The summed E-state index contributed by atoms with van der Waals surface area (Å²) < 4.78 is 11.7. The lowest BCUT2D eigenvalue weighted by Gasteiger charge is -2.22. The molecule has 3 heterocycles. The molecule has 146 valence electrons. The SMILES string of the molecule is Cc1noc(C)c1-c1cc2c(c(C(O)[C@@H]3CCC4(CC4)O3)c1)N=C(C1CC1)C2. The van der Waals surface area contributed by atoms with E-state index in [0.717, 1.165) is 65.9 Å². The predicted octanol–water partition coefficient (Wildman–Crippen LogP) is 4.74. The quantitative estimate of drug-likeness (QED) is 0.834. The Balaban J connectivity index is 1.44. The number of aryl methyl sites for hydroxylation is 2. The second-order valence-electron chi connectivity index (χ2n) is 9.15. The Hall–Kier alpha value is -1.98. The highest BCUT2D eigenvalue weighted by Gasteiger charge is 2.51. The van der Waals surface area contributed by atoms with Gasteiger partial charge in [-0.05, 0) is 81.5 Å². The van der Waals surface area contributed by atoms with Gasteiger partial charge in [0.25, 0.3) is 0 Å². The molecule has 5 heteroatoms. The summed E-state index contributed by atoms with van der Waals surface area (Å²) in [7, 11) is 0. The molecule has 2 aliphatic heterocycles. The number of aliphatic imine (C=N–C) groups is 1. The molecular formula is C23H26N2O3. The van der Waals surface area contributed by atoms with Gasteiger partial charge >= 0.3 is 0 Å². The van der Waals surface area contributed by atoms with E-state index in [2.05, 4.69) is 17.3 Å². The minimum Gasteiger partial charge on any atom is -0.386 e. The number of benzene rings is 1. The van der Waals surface area contributed by atoms with Crippen LogP contribution in [-0.4, -0.2) is 27.7 Å². The number of hydrogen-bond acceptors (Lipinski definition) is 5. The third-order valence-electron chi connectivity index (χ3n) is 6.98. The van der Waals surface area contributed by atoms with Gasteiger partial charge in [-0.3, -0.25) is 4.99 Å². The zero-order valence-electron chi connectivity index (χ0n) is 16.5. The molecule has 1 N–H and O–H groups in total. The number of aliphatic hydroxyl groups is 1. The minimum absolute atomic E-state index is 0.0660. The summed E-state index contributed by atoms with van der Waals surface area (Å²) >= 11 is 0. The largest absolute Gasteiger partial charge is 0.386 e. The number of ether oxygens (including phenoxy) is 1. The number of hydrogen-bond donors (Lipinski definition) is 1. The fourth-order valence-electron chi connectivity index (χ4n) is 5.06. The molecule has 0 amide bonds. The van der Waals surface area contributed by atoms with Crippen molar-refractivity contribution in [2.45, 2.75) is 76.6 Å². The highest BCUT2D eigenvalue weighted by molar-refractivity contribution is 5.98. The van der Waals surface area contributed by atoms with Gasteiger partial charge in [0.2, 0.25) is 0 Å². The first kappa shape index (κ1) is 16.9. The topological polar surface area (TPSA) is 67.9 Å². The first-order valence-corrected chi connectivity index (χ1v) is 10.6. The van der Waals surface area contributed by atoms with Gasteiger partial charge in [-0.1, -0.05) is 5.16 Å². The van der Waals surface area contributed by atoms with Crippen molar-refractivity contribution in [3.05, 3.63) is 34.7 Å². The van der Waals surface area contributed by atoms with Gasteiger partial charge in [-0.25, -0.2) is 0 Å². The Morgan fingerprint density at radius 3 is 2.61 bits per heavy atom. The summed E-state index contributed by atoms with van der Waals surface area (Å²) in [4.78, 5) is 4.99. The fourth-order valence-corrected chi connectivity index (χ4v) is 5.06. The van der Waals surface area contributed by atoms with Crippen LogP contribution in [0.3, 0.4) is 0 Å². The molecule has 5 nitrogen and oxygen atoms in total. The van der Waals surface area contributed by atoms with E-state index in [-0.39, 0.29) is 11.7 Å². The van der Waals surface area contributed by atoms with E-state index in [9.17, 15) is 5.11 Å². The average molecular weight is 378 g/mol. The monoisotopic (exact) mass is 378 g/mol. The van der Waals surface area contributed by atoms with Crippen molar-refractivity contribution < 1.29 is 14.4 Å². The van der Waals surface area contributed by atoms with E-state index in [4.69, 9.17) is 14.3 Å². The molecule has 6 rings (SSSR count). The summed E-state index contributed by atoms with van der Waals surface area (Å²) in [5.74, 6) is 1.45. The summed E-state index contributed by atoms with van der Waals surface area (Å²) in [6.07, 6.45) is 6.87. The third-order valence-corrected chi connectivity index (χ3v) is 6.98. The van der Waals surface area contributed by atoms with E-state index in [1.54, 1.807) is 0 Å². The summed E-state index contributed by atoms with van der Waals surface area (Å²) in [6, 6.07) is 4.31. The van der Waals surface area contributed by atoms with Crippen molar-refractivity contribution in [3.8, 4) is 11.1 Å². The van der Waals surface area contributed by atoms with Crippen molar-refractivity contribution >= 4 is 11.4 Å². The van der Waals surface area contributed by atoms with Crippen LogP contribution in [0.2, 0.25) is 0 Å². The first-order valence-electron chi connectivity index (χ1n) is 10.6. The zero-order chi connectivity index (χ0) is 19.0. The number of fused-ring (bicyclic) bond motifs is 1. The molecule has 2 aliphatic carbocycles. The van der Waals surface area contributed by atoms with Crippen molar-refractivity contribution in [2.75, 3.05) is 0 Å². The maximum absolute atomic E-state index is 11.3. The van der Waals surface area contributed by atoms with Gasteiger partial charge in [0, 0.05) is 23.3 Å². The van der Waals surface area contributed by atoms with Crippen LogP contribution in [0.15, 0.2) is 21.6 Å². The molecule has 28 heavy (non-hydrogen) atoms. The molecule has 1 aromatic heterocycles. The second kappa shape index (κ2) is 5.77. The third kappa shape index (κ3) is 2.60. The van der Waals surface area contributed by atoms with Gasteiger partial charge in [-0.15, -0.1) is 0 Å². The molecular weight excluding hydrogens is 352 g/mol. The smallest absolute Gasteiger partial charge is 0.141 e. The standard InChI is InChI=1S/C23H26N2O3/c1-12-20(13(2)28-25-12)15-9-16-11-18(14-3-4-14)24-21(16)17(10-15)22(26)19-5-6-23(27-19)7-8-23/h9-10,14,19,22,26H,3-8,11H2,1-2H3/t19-,22?/m0/s1. The van der Waals surface area contributed by atoms with Crippen LogP contribution in [0.5, 0.6) is 0 Å². The van der Waals surface area contributed by atoms with E-state index < -0.39 is 6.10 Å². The number of aliphatic hydroxyl groups excluding tert-OH is 1. The maximum Gasteiger partial charge on any atom is 0.141 e. The molecule has 1 aromatic carbocycles. The maximum atomic E-state index is 11.3. The Morgan fingerprint density at radius 2 is 1.96 bits per heavy atom. The molecule has 1 spiro atoms. The molecule has 1 saturated heterocycles. The molecule has 2 saturated carbocycles. The van der Waals surface area contributed by atoms with Crippen LogP contribution in [0.25, 0.3) is 11.1 Å². The van der Waals surface area contributed by atoms with E-state index >= 15 is 0 Å². The predicted molar refractivity (Wildman–Crippen MR) is 106 cm³/mol. The van der Waals surface area contributed by atoms with Crippen molar-refractivity contribution in [1.82, 2.24) is 5.16 Å². The molecule has 4 aliphatic rings. The Labute approximate surface area is 164 Å². The molecule has 2 aromatic rings. The second-order valence-corrected chi connectivity index (χ2v) is 9.15. The summed E-state index contributed by atoms with van der Waals surface area (Å²) in [6.45, 7) is 3.92. The van der Waals surface area contributed by atoms with Gasteiger partial charge in [0.1, 0.15) is 11.9 Å². The lowest BCUT2D eigenvalue weighted by Crippen LogP contribution is -2.20. The Morgan fingerprint density at radius 1 is 1.14 bits per heavy atom. The lowest BCUT2D eigenvalue weighted by atomic mass is 9.91. The number of aromatic nitrogens is 1. The molecule has 3 fully saturated rings. The van der Waals surface area contributed by atoms with Gasteiger partial charge in [-0.2, -0.15) is 0 Å². The Kier molecular flexibility index (Phi) is 3.49. The zero-order valence-corrected chi connectivity index (χ0v) is 16.5. The Bertz CT molecular complexity index is 978. The van der Waals surface area contributed by atoms with Crippen molar-refractivity contribution in [3.63, 3.8) is 0 Å². The van der Waals surface area contributed by atoms with Crippen LogP contribution in [0.1, 0.15) is 67.2 Å². The van der Waals surface area contributed by atoms with Crippen LogP contribution >= 0.6 is 0 Å². The van der Waals surface area contributed by atoms with Crippen molar-refractivity contribution in [2.24, 2.45) is 10.9 Å². The van der Waals surface area contributed by atoms with Crippen molar-refractivity contribution in [1.29, 1.82) is 0 Å². The van der Waals surface area contributed by atoms with Crippen LogP contribution in [0.4, 0.5) is 5.69 Å². The van der Waals surface area contributed by atoms with Gasteiger partial charge in [0.15, 0.2) is 0 Å². The highest BCUT2D eigenvalue weighted by Crippen LogP contribution is 2.53. The van der Waals surface area contributed by atoms with E-state index in [1.165, 1.54) is 24.1 Å². The molecule has 1 unspecified atom stereocenters. The average Bonchev–Trinajstić information content (AvgIpc) is 3.54. The molecule has 0 bridgehead atoms. The van der Waals surface area contributed by atoms with Crippen LogP contribution in [-0.2, 0) is 11.2 Å². The normalized spacial score (nSPS) is 25.8. The molecule has 0 radical (unpaired) electrons. The van der Waals surface area contributed by atoms with Gasteiger partial charge < -0.3 is 14.4 Å². The number of nitrogens with zero attached hydrogens (tertiary/aromatic N) is 2. The minimum atomic E-state index is -0.642. The summed E-state index contributed by atoms with van der Waals surface area (Å²) in [5.41, 5.74) is 7.43. The molecule has 2 atom stereocenters. The first-order chi connectivity index (χ1) is 13.5. The highest BCUT2D eigenvalue weighted by atomic mass is 16.5. The lowest BCUT2D eigenvalue weighted by molar-refractivity contribution is -0.0455. The van der Waals surface area contributed by atoms with E-state index in [1.807, 2.05) is 13.8 Å². The van der Waals surface area contributed by atoms with Gasteiger partial charge in [0.05, 0.1) is 23.1 Å². The van der Waals surface area contributed by atoms with Crippen LogP contribution < -0.4 is 0 Å².